The van der Waals surface area contributed by atoms with Gasteiger partial charge in [0.1, 0.15) is 5.75 Å². The van der Waals surface area contributed by atoms with Crippen LogP contribution >= 0.6 is 0 Å². The number of rotatable bonds is 2. The predicted molar refractivity (Wildman–Crippen MR) is 35.0 cm³/mol. The van der Waals surface area contributed by atoms with E-state index in [-0.39, 0.29) is 13.4 Å². The van der Waals surface area contributed by atoms with Crippen LogP contribution in [0, 0.1) is 11.6 Å². The molecule has 0 aromatic heterocycles. The van der Waals surface area contributed by atoms with Crippen LogP contribution in [-0.2, 0) is 0 Å². The maximum absolute atomic E-state index is 12.6. The molecule has 0 aliphatic heterocycles. The van der Waals surface area contributed by atoms with Crippen molar-refractivity contribution in [3.8, 4) is 5.75 Å². The third-order valence-corrected chi connectivity index (χ3v) is 1.10. The van der Waals surface area contributed by atoms with E-state index >= 15 is 0 Å². The van der Waals surface area contributed by atoms with Crippen molar-refractivity contribution in [3.05, 3.63) is 29.8 Å². The zero-order valence-electron chi connectivity index (χ0n) is 5.42. The fraction of sp³-hybridized carbons (Fsp3) is 0. The maximum Gasteiger partial charge on any atom is 0.569 e. The van der Waals surface area contributed by atoms with Gasteiger partial charge in [-0.15, -0.1) is 0 Å². The minimum absolute atomic E-state index is 0.290. The average molecular weight is 157 g/mol. The molecule has 0 atom stereocenters. The molecule has 57 valence electrons. The van der Waals surface area contributed by atoms with Gasteiger partial charge < -0.3 is 9.68 Å². The van der Waals surface area contributed by atoms with E-state index in [0.29, 0.717) is 0 Å². The first-order chi connectivity index (χ1) is 5.25. The Kier molecular flexibility index (Phi) is 2.43. The molecule has 0 bridgehead atoms. The highest BCUT2D eigenvalue weighted by Gasteiger charge is 2.07. The Hall–Kier alpha value is -1.10. The standard InChI is InChI=1S/C6H4BF2O2/c8-4-2-1-3-5(6(4)9)11-7-10/h1-3,10H. The minimum atomic E-state index is -1.11. The van der Waals surface area contributed by atoms with Crippen molar-refractivity contribution in [2.45, 2.75) is 0 Å². The molecule has 0 heterocycles. The van der Waals surface area contributed by atoms with Crippen LogP contribution in [0.4, 0.5) is 8.78 Å². The smallest absolute Gasteiger partial charge is 0.535 e. The molecule has 1 aromatic rings. The summed E-state index contributed by atoms with van der Waals surface area (Å²) >= 11 is 0. The van der Waals surface area contributed by atoms with E-state index in [9.17, 15) is 8.78 Å². The molecule has 1 radical (unpaired) electrons. The molecule has 0 aliphatic carbocycles. The third-order valence-electron chi connectivity index (χ3n) is 1.10. The fourth-order valence-corrected chi connectivity index (χ4v) is 0.632. The second-order valence-corrected chi connectivity index (χ2v) is 1.78. The molecule has 0 aliphatic rings. The lowest BCUT2D eigenvalue weighted by atomic mass is 10.3. The molecule has 1 N–H and O–H groups in total. The van der Waals surface area contributed by atoms with Gasteiger partial charge in [-0.25, -0.2) is 4.39 Å². The van der Waals surface area contributed by atoms with Gasteiger partial charge in [0.05, 0.1) is 0 Å². The van der Waals surface area contributed by atoms with E-state index in [4.69, 9.17) is 5.02 Å². The van der Waals surface area contributed by atoms with Gasteiger partial charge in [0.25, 0.3) is 0 Å². The first kappa shape index (κ1) is 8.01. The Balaban J connectivity index is 2.96. The summed E-state index contributed by atoms with van der Waals surface area (Å²) in [4.78, 5) is 0. The molecular weight excluding hydrogens is 153 g/mol. The van der Waals surface area contributed by atoms with Gasteiger partial charge in [0, 0.05) is 0 Å². The lowest BCUT2D eigenvalue weighted by Gasteiger charge is -2.01. The van der Waals surface area contributed by atoms with Crippen LogP contribution < -0.4 is 4.65 Å². The van der Waals surface area contributed by atoms with Gasteiger partial charge in [-0.1, -0.05) is 6.07 Å². The normalized spacial score (nSPS) is 9.36. The first-order valence-electron chi connectivity index (χ1n) is 2.82. The molecule has 0 saturated heterocycles. The van der Waals surface area contributed by atoms with Crippen molar-refractivity contribution in [2.75, 3.05) is 0 Å². The molecule has 5 heteroatoms. The predicted octanol–water partition coefficient (Wildman–Crippen LogP) is 0.870. The van der Waals surface area contributed by atoms with Crippen LogP contribution in [0.2, 0.25) is 0 Å². The van der Waals surface area contributed by atoms with Crippen molar-refractivity contribution in [1.29, 1.82) is 0 Å². The fourth-order valence-electron chi connectivity index (χ4n) is 0.632. The van der Waals surface area contributed by atoms with Crippen LogP contribution in [0.3, 0.4) is 0 Å². The van der Waals surface area contributed by atoms with Crippen molar-refractivity contribution in [2.24, 2.45) is 0 Å². The molecule has 0 saturated carbocycles. The molecule has 2 nitrogen and oxygen atoms in total. The summed E-state index contributed by atoms with van der Waals surface area (Å²) in [5.74, 6) is -2.46. The summed E-state index contributed by atoms with van der Waals surface area (Å²) in [7, 11) is 0.290. The van der Waals surface area contributed by atoms with Crippen LogP contribution in [0.5, 0.6) is 5.75 Å². The Morgan fingerprint density at radius 2 is 2.09 bits per heavy atom. The van der Waals surface area contributed by atoms with Crippen molar-refractivity contribution >= 4 is 7.69 Å². The maximum atomic E-state index is 12.6. The quantitative estimate of drug-likeness (QED) is 0.645. The highest BCUT2D eigenvalue weighted by atomic mass is 19.2. The van der Waals surface area contributed by atoms with Crippen LogP contribution in [0.1, 0.15) is 0 Å². The van der Waals surface area contributed by atoms with Crippen LogP contribution in [-0.4, -0.2) is 12.7 Å². The Morgan fingerprint density at radius 3 is 2.73 bits per heavy atom. The van der Waals surface area contributed by atoms with E-state index in [1.165, 1.54) is 12.1 Å². The summed E-state index contributed by atoms with van der Waals surface area (Å²) in [5, 5.41) is 8.10. The molecular formula is C6H4BF2O2. The second-order valence-electron chi connectivity index (χ2n) is 1.78. The van der Waals surface area contributed by atoms with Crippen molar-refractivity contribution in [3.63, 3.8) is 0 Å². The Bertz CT molecular complexity index is 254. The molecule has 1 rings (SSSR count). The number of halogens is 2. The largest absolute Gasteiger partial charge is 0.569 e. The van der Waals surface area contributed by atoms with E-state index in [1.807, 2.05) is 0 Å². The summed E-state index contributed by atoms with van der Waals surface area (Å²) in [6.45, 7) is 0. The van der Waals surface area contributed by atoms with Crippen molar-refractivity contribution < 1.29 is 18.5 Å². The Labute approximate surface area is 62.7 Å². The van der Waals surface area contributed by atoms with Crippen LogP contribution in [0.25, 0.3) is 0 Å². The Morgan fingerprint density at radius 1 is 1.36 bits per heavy atom. The number of hydrogen-bond donors (Lipinski definition) is 1. The first-order valence-corrected chi connectivity index (χ1v) is 2.82. The monoisotopic (exact) mass is 157 g/mol. The average Bonchev–Trinajstić information content (AvgIpc) is 1.99. The van der Waals surface area contributed by atoms with Gasteiger partial charge in [0.15, 0.2) is 11.6 Å². The zero-order valence-corrected chi connectivity index (χ0v) is 5.42. The second kappa shape index (κ2) is 3.34. The van der Waals surface area contributed by atoms with E-state index < -0.39 is 11.6 Å². The SMILES string of the molecule is O[B]Oc1cccc(F)c1F. The molecule has 11 heavy (non-hydrogen) atoms. The molecule has 0 amide bonds. The summed E-state index contributed by atoms with van der Waals surface area (Å²) in [6.07, 6.45) is 0. The van der Waals surface area contributed by atoms with Gasteiger partial charge in [-0.2, -0.15) is 4.39 Å². The molecule has 0 unspecified atom stereocenters. The van der Waals surface area contributed by atoms with E-state index in [1.54, 1.807) is 0 Å². The minimum Gasteiger partial charge on any atom is -0.535 e. The van der Waals surface area contributed by atoms with Gasteiger partial charge in [-0.3, -0.25) is 0 Å². The number of hydrogen-bond acceptors (Lipinski definition) is 2. The van der Waals surface area contributed by atoms with E-state index in [0.717, 1.165) is 6.07 Å². The highest BCUT2D eigenvalue weighted by Crippen LogP contribution is 2.17. The zero-order chi connectivity index (χ0) is 8.27. The van der Waals surface area contributed by atoms with Crippen LogP contribution in [0.15, 0.2) is 18.2 Å². The van der Waals surface area contributed by atoms with Gasteiger partial charge in [-0.05, 0) is 12.1 Å². The van der Waals surface area contributed by atoms with Gasteiger partial charge in [0.2, 0.25) is 0 Å². The summed E-state index contributed by atoms with van der Waals surface area (Å²) in [5.41, 5.74) is 0. The number of benzene rings is 1. The summed E-state index contributed by atoms with van der Waals surface area (Å²) < 4.78 is 29.1. The summed E-state index contributed by atoms with van der Waals surface area (Å²) in [6, 6.07) is 3.43. The van der Waals surface area contributed by atoms with Gasteiger partial charge >= 0.3 is 7.69 Å². The molecule has 0 fully saturated rings. The molecule has 0 spiro atoms. The lowest BCUT2D eigenvalue weighted by molar-refractivity contribution is 0.414. The third kappa shape index (κ3) is 1.68. The van der Waals surface area contributed by atoms with E-state index in [2.05, 4.69) is 4.65 Å². The lowest BCUT2D eigenvalue weighted by Crippen LogP contribution is -2.02. The molecule has 1 aromatic carbocycles. The highest BCUT2D eigenvalue weighted by molar-refractivity contribution is 6.17. The van der Waals surface area contributed by atoms with Crippen molar-refractivity contribution in [1.82, 2.24) is 0 Å². The topological polar surface area (TPSA) is 29.5 Å².